The summed E-state index contributed by atoms with van der Waals surface area (Å²) in [5, 5.41) is 0. The number of para-hydroxylation sites is 1. The predicted molar refractivity (Wildman–Crippen MR) is 133 cm³/mol. The quantitative estimate of drug-likeness (QED) is 0.134. The van der Waals surface area contributed by atoms with Gasteiger partial charge in [0.15, 0.2) is 23.2 Å². The first kappa shape index (κ1) is 24.4. The summed E-state index contributed by atoms with van der Waals surface area (Å²) in [6, 6.07) is 17.2. The third kappa shape index (κ3) is 4.52. The molecule has 1 atom stereocenters. The van der Waals surface area contributed by atoms with E-state index in [0.29, 0.717) is 22.6 Å². The first-order chi connectivity index (χ1) is 18.9. The molecule has 3 aromatic carbocycles. The molecular weight excluding hydrogens is 511 g/mol. The highest BCUT2D eigenvalue weighted by molar-refractivity contribution is 6.15. The smallest absolute Gasteiger partial charge is 0.312 e. The Balaban J connectivity index is 1.39. The monoisotopic (exact) mass is 529 g/mol. The van der Waals surface area contributed by atoms with E-state index in [2.05, 4.69) is 4.98 Å². The van der Waals surface area contributed by atoms with Crippen LogP contribution in [0.25, 0.3) is 6.08 Å². The summed E-state index contributed by atoms with van der Waals surface area (Å²) in [5.41, 5.74) is 1.96. The number of hydrogen-bond donors (Lipinski definition) is 0. The van der Waals surface area contributed by atoms with Gasteiger partial charge in [0.2, 0.25) is 5.78 Å². The standard InChI is InChI=1S/C30H18F3NO5/c31-21-11-16(12-22(32)28(21)33)13-25-29(36)19-8-9-24-27(30(19)39-25)20(14-26(35)38-24)18-6-1-2-7-23(18)37-15-17-5-3-4-10-34-17/h1-13,20H,14-15H2/b25-13-/t20-/m1/s1. The number of carbonyl (C=O) groups is 2. The van der Waals surface area contributed by atoms with Gasteiger partial charge in [0, 0.05) is 23.2 Å². The molecule has 3 heterocycles. The third-order valence-electron chi connectivity index (χ3n) is 6.48. The Hall–Kier alpha value is -4.92. The molecule has 0 spiro atoms. The van der Waals surface area contributed by atoms with Crippen molar-refractivity contribution in [2.24, 2.45) is 0 Å². The number of benzene rings is 3. The van der Waals surface area contributed by atoms with Crippen LogP contribution in [0.5, 0.6) is 17.2 Å². The van der Waals surface area contributed by atoms with Gasteiger partial charge in [-0.05, 0) is 54.1 Å². The fourth-order valence-corrected chi connectivity index (χ4v) is 4.72. The number of allylic oxidation sites excluding steroid dienone is 1. The lowest BCUT2D eigenvalue weighted by Gasteiger charge is -2.27. The zero-order valence-corrected chi connectivity index (χ0v) is 20.1. The fourth-order valence-electron chi connectivity index (χ4n) is 4.72. The van der Waals surface area contributed by atoms with Gasteiger partial charge in [-0.3, -0.25) is 14.6 Å². The molecule has 0 aliphatic carbocycles. The van der Waals surface area contributed by atoms with E-state index in [-0.39, 0.29) is 41.4 Å². The molecule has 4 aromatic rings. The van der Waals surface area contributed by atoms with Crippen molar-refractivity contribution < 1.29 is 37.0 Å². The molecule has 2 aliphatic rings. The molecule has 2 aliphatic heterocycles. The van der Waals surface area contributed by atoms with Crippen molar-refractivity contribution >= 4 is 17.8 Å². The highest BCUT2D eigenvalue weighted by Crippen LogP contribution is 2.50. The molecule has 39 heavy (non-hydrogen) atoms. The Bertz CT molecular complexity index is 1650. The van der Waals surface area contributed by atoms with Gasteiger partial charge in [0.25, 0.3) is 0 Å². The first-order valence-corrected chi connectivity index (χ1v) is 12.0. The summed E-state index contributed by atoms with van der Waals surface area (Å²) >= 11 is 0. The SMILES string of the molecule is O=C1C[C@H](c2ccccc2OCc2ccccn2)c2c(ccc3c2O/C(=C\c2cc(F)c(F)c(F)c2)C3=O)O1. The van der Waals surface area contributed by atoms with Crippen LogP contribution in [-0.4, -0.2) is 16.7 Å². The molecule has 6 nitrogen and oxygen atoms in total. The normalized spacial score (nSPS) is 16.9. The van der Waals surface area contributed by atoms with Crippen LogP contribution in [-0.2, 0) is 11.4 Å². The molecule has 0 unspecified atom stereocenters. The largest absolute Gasteiger partial charge is 0.487 e. The number of nitrogens with zero attached hydrogens (tertiary/aromatic N) is 1. The molecule has 0 bridgehead atoms. The number of fused-ring (bicyclic) bond motifs is 3. The average Bonchev–Trinajstić information content (AvgIpc) is 3.25. The second-order valence-corrected chi connectivity index (χ2v) is 8.97. The number of aromatic nitrogens is 1. The van der Waals surface area contributed by atoms with Crippen LogP contribution in [0.1, 0.15) is 45.1 Å². The lowest BCUT2D eigenvalue weighted by Crippen LogP contribution is -2.22. The molecule has 194 valence electrons. The van der Waals surface area contributed by atoms with E-state index < -0.39 is 35.1 Å². The molecule has 0 fully saturated rings. The Morgan fingerprint density at radius 1 is 0.949 bits per heavy atom. The van der Waals surface area contributed by atoms with Gasteiger partial charge in [0.1, 0.15) is 23.9 Å². The number of carbonyl (C=O) groups excluding carboxylic acids is 2. The van der Waals surface area contributed by atoms with Gasteiger partial charge >= 0.3 is 5.97 Å². The Kier molecular flexibility index (Phi) is 6.11. The van der Waals surface area contributed by atoms with E-state index in [1.54, 1.807) is 30.5 Å². The zero-order chi connectivity index (χ0) is 27.1. The van der Waals surface area contributed by atoms with Gasteiger partial charge in [-0.1, -0.05) is 24.3 Å². The number of Topliss-reactive ketones (excluding diaryl/α,β-unsaturated/α-hetero) is 1. The summed E-state index contributed by atoms with van der Waals surface area (Å²) < 4.78 is 58.4. The number of rotatable bonds is 5. The van der Waals surface area contributed by atoms with Crippen molar-refractivity contribution in [1.82, 2.24) is 4.98 Å². The molecule has 1 aromatic heterocycles. The molecule has 6 rings (SSSR count). The molecule has 0 saturated heterocycles. The fraction of sp³-hybridized carbons (Fsp3) is 0.100. The number of esters is 1. The zero-order valence-electron chi connectivity index (χ0n) is 20.1. The summed E-state index contributed by atoms with van der Waals surface area (Å²) in [5.74, 6) is -5.27. The minimum atomic E-state index is -1.61. The molecule has 0 N–H and O–H groups in total. The van der Waals surface area contributed by atoms with Gasteiger partial charge in [-0.15, -0.1) is 0 Å². The van der Waals surface area contributed by atoms with Gasteiger partial charge < -0.3 is 14.2 Å². The third-order valence-corrected chi connectivity index (χ3v) is 6.48. The van der Waals surface area contributed by atoms with Crippen molar-refractivity contribution in [2.45, 2.75) is 18.9 Å². The number of pyridine rings is 1. The highest BCUT2D eigenvalue weighted by atomic mass is 19.2. The lowest BCUT2D eigenvalue weighted by molar-refractivity contribution is -0.135. The summed E-state index contributed by atoms with van der Waals surface area (Å²) in [7, 11) is 0. The van der Waals surface area contributed by atoms with E-state index in [0.717, 1.165) is 18.2 Å². The van der Waals surface area contributed by atoms with Gasteiger partial charge in [-0.25, -0.2) is 13.2 Å². The molecule has 0 radical (unpaired) electrons. The minimum absolute atomic E-state index is 0.0433. The maximum absolute atomic E-state index is 13.7. The number of ketones is 1. The van der Waals surface area contributed by atoms with Crippen molar-refractivity contribution in [3.63, 3.8) is 0 Å². The van der Waals surface area contributed by atoms with Crippen LogP contribution in [0.3, 0.4) is 0 Å². The van der Waals surface area contributed by atoms with Crippen LogP contribution in [0.15, 0.2) is 78.7 Å². The Morgan fingerprint density at radius 2 is 1.72 bits per heavy atom. The second kappa shape index (κ2) is 9.75. The van der Waals surface area contributed by atoms with Crippen LogP contribution in [0.2, 0.25) is 0 Å². The van der Waals surface area contributed by atoms with E-state index >= 15 is 0 Å². The maximum Gasteiger partial charge on any atom is 0.312 e. The summed E-state index contributed by atoms with van der Waals surface area (Å²) in [6.07, 6.45) is 2.75. The summed E-state index contributed by atoms with van der Waals surface area (Å²) in [4.78, 5) is 30.0. The van der Waals surface area contributed by atoms with Crippen molar-refractivity contribution in [3.8, 4) is 17.2 Å². The van der Waals surface area contributed by atoms with E-state index in [9.17, 15) is 22.8 Å². The Morgan fingerprint density at radius 3 is 2.49 bits per heavy atom. The highest BCUT2D eigenvalue weighted by Gasteiger charge is 2.39. The van der Waals surface area contributed by atoms with Crippen LogP contribution in [0, 0.1) is 17.5 Å². The molecule has 0 saturated carbocycles. The van der Waals surface area contributed by atoms with E-state index in [4.69, 9.17) is 14.2 Å². The summed E-state index contributed by atoms with van der Waals surface area (Å²) in [6.45, 7) is 0.196. The van der Waals surface area contributed by atoms with E-state index in [1.807, 2.05) is 18.2 Å². The Labute approximate surface area is 220 Å². The predicted octanol–water partition coefficient (Wildman–Crippen LogP) is 6.14. The van der Waals surface area contributed by atoms with Gasteiger partial charge in [-0.2, -0.15) is 0 Å². The molecule has 0 amide bonds. The molecule has 9 heteroatoms. The van der Waals surface area contributed by atoms with Crippen LogP contribution >= 0.6 is 0 Å². The van der Waals surface area contributed by atoms with Crippen molar-refractivity contribution in [3.05, 3.63) is 124 Å². The minimum Gasteiger partial charge on any atom is -0.487 e. The number of halogens is 3. The van der Waals surface area contributed by atoms with Crippen molar-refractivity contribution in [1.29, 1.82) is 0 Å². The average molecular weight is 529 g/mol. The lowest BCUT2D eigenvalue weighted by atomic mass is 9.84. The van der Waals surface area contributed by atoms with Crippen LogP contribution in [0.4, 0.5) is 13.2 Å². The number of hydrogen-bond acceptors (Lipinski definition) is 6. The first-order valence-electron chi connectivity index (χ1n) is 12.0. The van der Waals surface area contributed by atoms with E-state index in [1.165, 1.54) is 12.1 Å². The van der Waals surface area contributed by atoms with Crippen molar-refractivity contribution in [2.75, 3.05) is 0 Å². The topological polar surface area (TPSA) is 74.7 Å². The molecular formula is C30H18F3NO5. The number of ether oxygens (including phenoxy) is 3. The van der Waals surface area contributed by atoms with Gasteiger partial charge in [0.05, 0.1) is 17.7 Å². The second-order valence-electron chi connectivity index (χ2n) is 8.97. The van der Waals surface area contributed by atoms with Crippen LogP contribution < -0.4 is 14.2 Å². The maximum atomic E-state index is 13.7.